The summed E-state index contributed by atoms with van der Waals surface area (Å²) < 4.78 is 5.13. The van der Waals surface area contributed by atoms with Gasteiger partial charge < -0.3 is 11.3 Å². The average molecular weight is 316 g/mol. The molecule has 5 heteroatoms. The molecular formula is C17H25NaO4. The van der Waals surface area contributed by atoms with Gasteiger partial charge in [-0.05, 0) is 18.6 Å². The van der Waals surface area contributed by atoms with Crippen molar-refractivity contribution < 1.29 is 50.4 Å². The molecule has 1 aromatic rings. The van der Waals surface area contributed by atoms with Crippen molar-refractivity contribution in [1.29, 1.82) is 0 Å². The molecule has 0 aliphatic heterocycles. The van der Waals surface area contributed by atoms with Crippen molar-refractivity contribution in [2.45, 2.75) is 58.3 Å². The summed E-state index contributed by atoms with van der Waals surface area (Å²) in [4.78, 5) is 22.7. The van der Waals surface area contributed by atoms with Gasteiger partial charge in [0.2, 0.25) is 0 Å². The van der Waals surface area contributed by atoms with E-state index in [1.54, 1.807) is 12.1 Å². The van der Waals surface area contributed by atoms with Crippen LogP contribution in [0.3, 0.4) is 0 Å². The summed E-state index contributed by atoms with van der Waals surface area (Å²) in [7, 11) is 0. The molecule has 0 aromatic heterocycles. The van der Waals surface area contributed by atoms with Gasteiger partial charge in [-0.3, -0.25) is 4.79 Å². The van der Waals surface area contributed by atoms with Crippen molar-refractivity contribution in [2.24, 2.45) is 0 Å². The van der Waals surface area contributed by atoms with Gasteiger partial charge in [0.25, 0.3) is 0 Å². The fourth-order valence-corrected chi connectivity index (χ4v) is 2.13. The predicted molar refractivity (Wildman–Crippen MR) is 82.8 cm³/mol. The van der Waals surface area contributed by atoms with E-state index in [1.165, 1.54) is 37.8 Å². The van der Waals surface area contributed by atoms with Gasteiger partial charge in [-0.2, -0.15) is 0 Å². The van der Waals surface area contributed by atoms with E-state index >= 15 is 0 Å². The molecule has 0 unspecified atom stereocenters. The average Bonchev–Trinajstić information content (AvgIpc) is 2.46. The summed E-state index contributed by atoms with van der Waals surface area (Å²) in [5.74, 6) is -1.33. The number of hydrogen-bond donors (Lipinski definition) is 1. The fourth-order valence-electron chi connectivity index (χ4n) is 2.13. The molecule has 4 nitrogen and oxygen atoms in total. The van der Waals surface area contributed by atoms with Crippen molar-refractivity contribution in [1.82, 2.24) is 0 Å². The van der Waals surface area contributed by atoms with E-state index in [1.807, 2.05) is 0 Å². The van der Waals surface area contributed by atoms with Crippen LogP contribution in [0.25, 0.3) is 0 Å². The second-order valence-corrected chi connectivity index (χ2v) is 5.15. The number of carbonyl (C=O) groups excluding carboxylic acids is 1. The molecule has 0 spiro atoms. The monoisotopic (exact) mass is 316 g/mol. The van der Waals surface area contributed by atoms with Crippen molar-refractivity contribution in [3.63, 3.8) is 0 Å². The van der Waals surface area contributed by atoms with E-state index in [9.17, 15) is 9.59 Å². The second kappa shape index (κ2) is 12.7. The van der Waals surface area contributed by atoms with Crippen LogP contribution >= 0.6 is 0 Å². The van der Waals surface area contributed by atoms with Crippen molar-refractivity contribution in [3.8, 4) is 5.75 Å². The number of hydrogen-bond acceptors (Lipinski definition) is 3. The van der Waals surface area contributed by atoms with Gasteiger partial charge in [0.1, 0.15) is 11.3 Å². The third kappa shape index (κ3) is 8.57. The Labute approximate surface area is 156 Å². The summed E-state index contributed by atoms with van der Waals surface area (Å²) in [6, 6.07) is 6.20. The number of para-hydroxylation sites is 1. The molecule has 0 atom stereocenters. The summed E-state index contributed by atoms with van der Waals surface area (Å²) in [6.07, 6.45) is 8.25. The first-order chi connectivity index (χ1) is 10.1. The third-order valence-electron chi connectivity index (χ3n) is 3.33. The second-order valence-electron chi connectivity index (χ2n) is 5.15. The van der Waals surface area contributed by atoms with E-state index in [0.717, 1.165) is 19.3 Å². The van der Waals surface area contributed by atoms with Crippen LogP contribution in [0.1, 0.15) is 70.1 Å². The summed E-state index contributed by atoms with van der Waals surface area (Å²) in [6.45, 7) is 2.19. The first-order valence-electron chi connectivity index (χ1n) is 7.68. The zero-order valence-electron chi connectivity index (χ0n) is 14.6. The molecular weight excluding hydrogens is 291 g/mol. The topological polar surface area (TPSA) is 63.6 Å². The van der Waals surface area contributed by atoms with Crippen molar-refractivity contribution in [3.05, 3.63) is 29.8 Å². The summed E-state index contributed by atoms with van der Waals surface area (Å²) in [5.41, 5.74) is 0.0189. The van der Waals surface area contributed by atoms with Crippen LogP contribution in [0.15, 0.2) is 24.3 Å². The van der Waals surface area contributed by atoms with Crippen LogP contribution in [-0.4, -0.2) is 17.0 Å². The zero-order valence-corrected chi connectivity index (χ0v) is 15.6. The fraction of sp³-hybridized carbons (Fsp3) is 0.529. The van der Waals surface area contributed by atoms with Crippen LogP contribution in [0.4, 0.5) is 0 Å². The molecule has 0 amide bonds. The van der Waals surface area contributed by atoms with Gasteiger partial charge in [0, 0.05) is 6.42 Å². The largest absolute Gasteiger partial charge is 1.00 e. The molecule has 0 fully saturated rings. The van der Waals surface area contributed by atoms with Crippen LogP contribution in [0, 0.1) is 0 Å². The molecule has 0 saturated carbocycles. The number of esters is 1. The van der Waals surface area contributed by atoms with Crippen LogP contribution in [0.2, 0.25) is 0 Å². The molecule has 0 bridgehead atoms. The van der Waals surface area contributed by atoms with Gasteiger partial charge in [-0.15, -0.1) is 0 Å². The SMILES string of the molecule is CCCCCCCCCC(=O)Oc1ccccc1C(=O)O.[H-].[Na+]. The number of ether oxygens (including phenoxy) is 1. The first-order valence-corrected chi connectivity index (χ1v) is 7.68. The molecule has 1 aromatic carbocycles. The number of rotatable bonds is 10. The Bertz CT molecular complexity index is 466. The van der Waals surface area contributed by atoms with Crippen LogP contribution < -0.4 is 34.3 Å². The Balaban J connectivity index is 0. The van der Waals surface area contributed by atoms with Crippen LogP contribution in [0.5, 0.6) is 5.75 Å². The third-order valence-corrected chi connectivity index (χ3v) is 3.33. The zero-order chi connectivity index (χ0) is 15.5. The Kier molecular flexibility index (Phi) is 12.2. The van der Waals surface area contributed by atoms with Crippen molar-refractivity contribution >= 4 is 11.9 Å². The Morgan fingerprint density at radius 2 is 1.64 bits per heavy atom. The predicted octanol–water partition coefficient (Wildman–Crippen LogP) is 1.55. The van der Waals surface area contributed by atoms with Gasteiger partial charge >= 0.3 is 41.5 Å². The number of unbranched alkanes of at least 4 members (excludes halogenated alkanes) is 6. The van der Waals surface area contributed by atoms with Gasteiger partial charge in [-0.25, -0.2) is 4.79 Å². The van der Waals surface area contributed by atoms with E-state index < -0.39 is 5.97 Å². The number of carboxylic acids is 1. The normalized spacial score (nSPS) is 9.86. The van der Waals surface area contributed by atoms with Gasteiger partial charge in [0.05, 0.1) is 0 Å². The number of carbonyl (C=O) groups is 2. The maximum absolute atomic E-state index is 11.7. The number of benzene rings is 1. The van der Waals surface area contributed by atoms with Gasteiger partial charge in [0.15, 0.2) is 0 Å². The summed E-state index contributed by atoms with van der Waals surface area (Å²) in [5, 5.41) is 9.00. The molecule has 0 aliphatic carbocycles. The standard InChI is InChI=1S/C17H24O4.Na.H/c1-2-3-4-5-6-7-8-13-16(18)21-15-12-10-9-11-14(15)17(19)20;;/h9-12H,2-8,13H2,1H3,(H,19,20);;/q;+1;-1. The minimum atomic E-state index is -1.09. The van der Waals surface area contributed by atoms with E-state index in [4.69, 9.17) is 9.84 Å². The minimum Gasteiger partial charge on any atom is -1.00 e. The van der Waals surface area contributed by atoms with Gasteiger partial charge in [-0.1, -0.05) is 57.6 Å². The Morgan fingerprint density at radius 1 is 1.05 bits per heavy atom. The van der Waals surface area contributed by atoms with Crippen LogP contribution in [-0.2, 0) is 4.79 Å². The molecule has 0 radical (unpaired) electrons. The quantitative estimate of drug-likeness (QED) is 0.308. The summed E-state index contributed by atoms with van der Waals surface area (Å²) >= 11 is 0. The molecule has 22 heavy (non-hydrogen) atoms. The number of carboxylic acid groups (broad SMARTS) is 1. The maximum atomic E-state index is 11.7. The molecule has 0 saturated heterocycles. The minimum absolute atomic E-state index is 0. The molecule has 0 heterocycles. The molecule has 118 valence electrons. The van der Waals surface area contributed by atoms with E-state index in [2.05, 4.69) is 6.92 Å². The molecule has 0 aliphatic rings. The van der Waals surface area contributed by atoms with Crippen molar-refractivity contribution in [2.75, 3.05) is 0 Å². The molecule has 1 rings (SSSR count). The number of aromatic carboxylic acids is 1. The maximum Gasteiger partial charge on any atom is 1.00 e. The van der Waals surface area contributed by atoms with E-state index in [0.29, 0.717) is 6.42 Å². The first kappa shape index (κ1) is 21.2. The molecule has 1 N–H and O–H groups in total. The smallest absolute Gasteiger partial charge is 1.00 e. The Hall–Kier alpha value is -0.840. The Morgan fingerprint density at radius 3 is 2.27 bits per heavy atom. The van der Waals surface area contributed by atoms with E-state index in [-0.39, 0.29) is 48.3 Å².